The summed E-state index contributed by atoms with van der Waals surface area (Å²) in [7, 11) is 4.26. The molecule has 0 bridgehead atoms. The predicted molar refractivity (Wildman–Crippen MR) is 68.2 cm³/mol. The van der Waals surface area contributed by atoms with Crippen LogP contribution in [0.1, 0.15) is 39.1 Å². The molecule has 0 heterocycles. The first-order chi connectivity index (χ1) is 9.13. The third-order valence-electron chi connectivity index (χ3n) is 3.28. The number of hydrogen-bond donors (Lipinski definition) is 0. The van der Waals surface area contributed by atoms with Crippen LogP contribution in [0.15, 0.2) is 6.07 Å². The number of Topliss-reactive ketones (excluding diaryl/α,β-unsaturated/α-hetero) is 1. The Morgan fingerprint density at radius 1 is 1.16 bits per heavy atom. The Morgan fingerprint density at radius 3 is 2.47 bits per heavy atom. The Hall–Kier alpha value is -2.04. The highest BCUT2D eigenvalue weighted by atomic mass is 16.5. The van der Waals surface area contributed by atoms with Gasteiger partial charge in [-0.25, -0.2) is 4.79 Å². The molecule has 0 radical (unpaired) electrons. The fourth-order valence-corrected chi connectivity index (χ4v) is 2.44. The molecule has 5 nitrogen and oxygen atoms in total. The monoisotopic (exact) mass is 264 g/mol. The van der Waals surface area contributed by atoms with E-state index in [2.05, 4.69) is 0 Å². The molecule has 0 saturated heterocycles. The number of esters is 1. The molecule has 1 aliphatic rings. The van der Waals surface area contributed by atoms with Gasteiger partial charge in [-0.2, -0.15) is 0 Å². The number of methoxy groups -OCH3 is 3. The van der Waals surface area contributed by atoms with Crippen molar-refractivity contribution in [3.8, 4) is 11.5 Å². The van der Waals surface area contributed by atoms with Crippen LogP contribution in [-0.2, 0) is 11.2 Å². The Bertz CT molecular complexity index is 533. The number of benzene rings is 1. The third-order valence-corrected chi connectivity index (χ3v) is 3.28. The number of ether oxygens (including phenoxy) is 3. The van der Waals surface area contributed by atoms with E-state index in [1.54, 1.807) is 0 Å². The molecular formula is C14H16O5. The molecule has 0 aromatic heterocycles. The Labute approximate surface area is 111 Å². The number of hydrogen-bond acceptors (Lipinski definition) is 5. The van der Waals surface area contributed by atoms with Gasteiger partial charge in [-0.3, -0.25) is 4.79 Å². The summed E-state index contributed by atoms with van der Waals surface area (Å²) < 4.78 is 15.3. The van der Waals surface area contributed by atoms with E-state index in [-0.39, 0.29) is 11.3 Å². The van der Waals surface area contributed by atoms with Gasteiger partial charge in [-0.15, -0.1) is 0 Å². The van der Waals surface area contributed by atoms with Gasteiger partial charge in [0, 0.05) is 12.0 Å². The van der Waals surface area contributed by atoms with E-state index < -0.39 is 5.97 Å². The molecule has 0 amide bonds. The lowest BCUT2D eigenvalue weighted by atomic mass is 9.87. The van der Waals surface area contributed by atoms with Crippen LogP contribution in [0.3, 0.4) is 0 Å². The SMILES string of the molecule is COC(=O)c1cc(OC)c2c(c1OC)CCCC2=O. The fraction of sp³-hybridized carbons (Fsp3) is 0.429. The minimum atomic E-state index is -0.504. The summed E-state index contributed by atoms with van der Waals surface area (Å²) in [4.78, 5) is 23.8. The van der Waals surface area contributed by atoms with Gasteiger partial charge >= 0.3 is 5.97 Å². The van der Waals surface area contributed by atoms with Crippen LogP contribution in [0.5, 0.6) is 11.5 Å². The minimum absolute atomic E-state index is 0.0211. The molecule has 0 N–H and O–H groups in total. The summed E-state index contributed by atoms with van der Waals surface area (Å²) >= 11 is 0. The predicted octanol–water partition coefficient (Wildman–Crippen LogP) is 2.01. The Morgan fingerprint density at radius 2 is 1.89 bits per heavy atom. The van der Waals surface area contributed by atoms with Gasteiger partial charge in [0.15, 0.2) is 5.78 Å². The van der Waals surface area contributed by atoms with Crippen molar-refractivity contribution < 1.29 is 23.8 Å². The van der Waals surface area contributed by atoms with Crippen LogP contribution < -0.4 is 9.47 Å². The summed E-state index contributed by atoms with van der Waals surface area (Å²) in [6.07, 6.45) is 1.92. The van der Waals surface area contributed by atoms with E-state index in [1.807, 2.05) is 0 Å². The van der Waals surface area contributed by atoms with E-state index >= 15 is 0 Å². The van der Waals surface area contributed by atoms with Crippen LogP contribution in [0, 0.1) is 0 Å². The van der Waals surface area contributed by atoms with Crippen molar-refractivity contribution in [2.24, 2.45) is 0 Å². The lowest BCUT2D eigenvalue weighted by Gasteiger charge is -2.22. The molecule has 19 heavy (non-hydrogen) atoms. The second kappa shape index (κ2) is 5.30. The van der Waals surface area contributed by atoms with Gasteiger partial charge in [-0.1, -0.05) is 0 Å². The molecule has 1 aliphatic carbocycles. The lowest BCUT2D eigenvalue weighted by Crippen LogP contribution is -2.16. The number of fused-ring (bicyclic) bond motifs is 1. The van der Waals surface area contributed by atoms with Crippen molar-refractivity contribution in [1.29, 1.82) is 0 Å². The van der Waals surface area contributed by atoms with Crippen molar-refractivity contribution in [3.05, 3.63) is 22.8 Å². The maximum Gasteiger partial charge on any atom is 0.341 e. The second-order valence-corrected chi connectivity index (χ2v) is 4.28. The molecule has 0 aliphatic heterocycles. The molecule has 102 valence electrons. The standard InChI is InChI=1S/C14H16O5/c1-17-11-7-9(14(16)19-3)13(18-2)8-5-4-6-10(15)12(8)11/h7H,4-6H2,1-3H3. The molecule has 0 unspecified atom stereocenters. The van der Waals surface area contributed by atoms with Crippen LogP contribution in [-0.4, -0.2) is 33.1 Å². The van der Waals surface area contributed by atoms with E-state index in [0.29, 0.717) is 29.9 Å². The lowest BCUT2D eigenvalue weighted by molar-refractivity contribution is 0.0595. The van der Waals surface area contributed by atoms with Crippen LogP contribution in [0.4, 0.5) is 0 Å². The molecule has 1 aromatic carbocycles. The van der Waals surface area contributed by atoms with Crippen LogP contribution in [0.25, 0.3) is 0 Å². The van der Waals surface area contributed by atoms with Gasteiger partial charge < -0.3 is 14.2 Å². The first-order valence-corrected chi connectivity index (χ1v) is 6.03. The summed E-state index contributed by atoms with van der Waals surface area (Å²) in [5, 5.41) is 0. The van der Waals surface area contributed by atoms with Crippen molar-refractivity contribution >= 4 is 11.8 Å². The molecule has 0 saturated carbocycles. The Balaban J connectivity index is 2.72. The van der Waals surface area contributed by atoms with Gasteiger partial charge in [0.2, 0.25) is 0 Å². The van der Waals surface area contributed by atoms with Crippen molar-refractivity contribution in [3.63, 3.8) is 0 Å². The molecular weight excluding hydrogens is 248 g/mol. The van der Waals surface area contributed by atoms with Crippen molar-refractivity contribution in [2.75, 3.05) is 21.3 Å². The number of ketones is 1. The number of carbonyl (C=O) groups is 2. The number of rotatable bonds is 3. The quantitative estimate of drug-likeness (QED) is 0.781. The molecule has 0 spiro atoms. The molecule has 0 fully saturated rings. The van der Waals surface area contributed by atoms with Gasteiger partial charge in [0.1, 0.15) is 17.1 Å². The number of carbonyl (C=O) groups excluding carboxylic acids is 2. The van der Waals surface area contributed by atoms with E-state index in [4.69, 9.17) is 14.2 Å². The zero-order chi connectivity index (χ0) is 14.0. The summed E-state index contributed by atoms with van der Waals surface area (Å²) in [5.74, 6) is 0.334. The molecule has 5 heteroatoms. The average Bonchev–Trinajstić information content (AvgIpc) is 2.44. The van der Waals surface area contributed by atoms with Crippen LogP contribution in [0.2, 0.25) is 0 Å². The van der Waals surface area contributed by atoms with Gasteiger partial charge in [-0.05, 0) is 18.9 Å². The van der Waals surface area contributed by atoms with E-state index in [9.17, 15) is 9.59 Å². The normalized spacial score (nSPS) is 13.7. The third kappa shape index (κ3) is 2.16. The summed E-state index contributed by atoms with van der Waals surface area (Å²) in [6.45, 7) is 0. The van der Waals surface area contributed by atoms with Gasteiger partial charge in [0.05, 0.1) is 26.9 Å². The van der Waals surface area contributed by atoms with Crippen molar-refractivity contribution in [1.82, 2.24) is 0 Å². The molecule has 2 rings (SSSR count). The largest absolute Gasteiger partial charge is 0.496 e. The molecule has 0 atom stereocenters. The zero-order valence-electron chi connectivity index (χ0n) is 11.2. The van der Waals surface area contributed by atoms with Crippen LogP contribution >= 0.6 is 0 Å². The van der Waals surface area contributed by atoms with Gasteiger partial charge in [0.25, 0.3) is 0 Å². The zero-order valence-corrected chi connectivity index (χ0v) is 11.2. The summed E-state index contributed by atoms with van der Waals surface area (Å²) in [5.41, 5.74) is 1.55. The maximum atomic E-state index is 12.0. The summed E-state index contributed by atoms with van der Waals surface area (Å²) in [6, 6.07) is 1.51. The fourth-order valence-electron chi connectivity index (χ4n) is 2.44. The maximum absolute atomic E-state index is 12.0. The highest BCUT2D eigenvalue weighted by Gasteiger charge is 2.29. The highest BCUT2D eigenvalue weighted by molar-refractivity contribution is 6.04. The minimum Gasteiger partial charge on any atom is -0.496 e. The first-order valence-electron chi connectivity index (χ1n) is 6.03. The second-order valence-electron chi connectivity index (χ2n) is 4.28. The molecule has 1 aromatic rings. The Kier molecular flexibility index (Phi) is 3.74. The average molecular weight is 264 g/mol. The topological polar surface area (TPSA) is 61.8 Å². The smallest absolute Gasteiger partial charge is 0.341 e. The van der Waals surface area contributed by atoms with Crippen molar-refractivity contribution in [2.45, 2.75) is 19.3 Å². The van der Waals surface area contributed by atoms with E-state index in [0.717, 1.165) is 12.0 Å². The highest BCUT2D eigenvalue weighted by Crippen LogP contribution is 2.39. The van der Waals surface area contributed by atoms with E-state index in [1.165, 1.54) is 27.4 Å². The first kappa shape index (κ1) is 13.4.